The molecule has 0 aromatic carbocycles. The first kappa shape index (κ1) is 12.8. The zero-order chi connectivity index (χ0) is 13.8. The van der Waals surface area contributed by atoms with Crippen molar-refractivity contribution in [1.82, 2.24) is 15.0 Å². The molecular weight excluding hydrogens is 274 g/mol. The molecule has 0 fully saturated rings. The Morgan fingerprint density at radius 3 is 2.63 bits per heavy atom. The molecule has 0 spiro atoms. The number of amides is 1. The molecule has 0 saturated carbocycles. The zero-order valence-corrected chi connectivity index (χ0v) is 10.0. The van der Waals surface area contributed by atoms with Crippen LogP contribution in [0.2, 0.25) is 5.28 Å². The minimum atomic E-state index is -0.638. The van der Waals surface area contributed by atoms with Gasteiger partial charge in [0.2, 0.25) is 11.1 Å². The number of pyridine rings is 1. The summed E-state index contributed by atoms with van der Waals surface area (Å²) in [5, 5.41) is 13.1. The lowest BCUT2D eigenvalue weighted by molar-refractivity contribution is -0.384. The van der Waals surface area contributed by atoms with Crippen LogP contribution in [-0.2, 0) is 0 Å². The molecule has 2 aromatic rings. The van der Waals surface area contributed by atoms with Gasteiger partial charge in [-0.25, -0.2) is 15.0 Å². The standard InChI is InChI=1S/C10H6ClN5O3/c11-10-13-4-6(5-14-10)9(17)15-8-7(16(18)19)2-1-3-12-8/h1-5H,(H,12,15,17). The summed E-state index contributed by atoms with van der Waals surface area (Å²) in [6, 6.07) is 2.64. The SMILES string of the molecule is O=C(Nc1ncccc1[N+](=O)[O-])c1cnc(Cl)nc1. The van der Waals surface area contributed by atoms with E-state index >= 15 is 0 Å². The lowest BCUT2D eigenvalue weighted by Crippen LogP contribution is -2.14. The fourth-order valence-corrected chi connectivity index (χ4v) is 1.35. The third kappa shape index (κ3) is 2.99. The van der Waals surface area contributed by atoms with Gasteiger partial charge in [-0.1, -0.05) is 0 Å². The van der Waals surface area contributed by atoms with E-state index < -0.39 is 10.8 Å². The van der Waals surface area contributed by atoms with Crippen molar-refractivity contribution in [3.8, 4) is 0 Å². The molecule has 2 aromatic heterocycles. The van der Waals surface area contributed by atoms with Crippen LogP contribution >= 0.6 is 11.6 Å². The van der Waals surface area contributed by atoms with Crippen molar-refractivity contribution >= 4 is 29.0 Å². The van der Waals surface area contributed by atoms with Crippen molar-refractivity contribution in [2.24, 2.45) is 0 Å². The fourth-order valence-electron chi connectivity index (χ4n) is 1.25. The van der Waals surface area contributed by atoms with Crippen molar-refractivity contribution in [1.29, 1.82) is 0 Å². The van der Waals surface area contributed by atoms with Crippen molar-refractivity contribution in [3.05, 3.63) is 51.7 Å². The van der Waals surface area contributed by atoms with Gasteiger partial charge < -0.3 is 5.32 Å². The number of anilines is 1. The average molecular weight is 280 g/mol. The summed E-state index contributed by atoms with van der Waals surface area (Å²) < 4.78 is 0. The summed E-state index contributed by atoms with van der Waals surface area (Å²) in [5.41, 5.74) is -0.185. The van der Waals surface area contributed by atoms with Crippen LogP contribution in [0.25, 0.3) is 0 Å². The third-order valence-corrected chi connectivity index (χ3v) is 2.29. The summed E-state index contributed by atoms with van der Waals surface area (Å²) in [7, 11) is 0. The third-order valence-electron chi connectivity index (χ3n) is 2.10. The molecule has 2 rings (SSSR count). The maximum atomic E-state index is 11.8. The monoisotopic (exact) mass is 279 g/mol. The molecule has 0 aliphatic heterocycles. The molecule has 0 atom stereocenters. The lowest BCUT2D eigenvalue weighted by atomic mass is 10.3. The predicted octanol–water partition coefficient (Wildman–Crippen LogP) is 1.69. The molecule has 0 bridgehead atoms. The number of halogens is 1. The minimum absolute atomic E-state index is 0.000340. The van der Waals surface area contributed by atoms with Crippen molar-refractivity contribution in [3.63, 3.8) is 0 Å². The normalized spacial score (nSPS) is 9.95. The minimum Gasteiger partial charge on any atom is -0.301 e. The lowest BCUT2D eigenvalue weighted by Gasteiger charge is -2.04. The van der Waals surface area contributed by atoms with Crippen LogP contribution in [0.5, 0.6) is 0 Å². The van der Waals surface area contributed by atoms with E-state index in [0.29, 0.717) is 0 Å². The molecule has 9 heteroatoms. The molecule has 1 amide bonds. The number of carbonyl (C=O) groups excluding carboxylic acids is 1. The zero-order valence-electron chi connectivity index (χ0n) is 9.28. The van der Waals surface area contributed by atoms with Crippen LogP contribution in [-0.4, -0.2) is 25.8 Å². The van der Waals surface area contributed by atoms with E-state index in [1.54, 1.807) is 0 Å². The van der Waals surface area contributed by atoms with Gasteiger partial charge in [-0.3, -0.25) is 14.9 Å². The Morgan fingerprint density at radius 1 is 1.32 bits per heavy atom. The first-order valence-electron chi connectivity index (χ1n) is 4.96. The Hall–Kier alpha value is -2.61. The molecule has 19 heavy (non-hydrogen) atoms. The highest BCUT2D eigenvalue weighted by Gasteiger charge is 2.17. The molecular formula is C10H6ClN5O3. The number of hydrogen-bond acceptors (Lipinski definition) is 6. The van der Waals surface area contributed by atoms with Crippen LogP contribution in [0.3, 0.4) is 0 Å². The van der Waals surface area contributed by atoms with Gasteiger partial charge in [0.1, 0.15) is 0 Å². The Morgan fingerprint density at radius 2 is 2.00 bits per heavy atom. The van der Waals surface area contributed by atoms with Crippen LogP contribution < -0.4 is 5.32 Å². The van der Waals surface area contributed by atoms with E-state index in [4.69, 9.17) is 11.6 Å². The van der Waals surface area contributed by atoms with Crippen molar-refractivity contribution in [2.75, 3.05) is 5.32 Å². The van der Waals surface area contributed by atoms with E-state index in [1.165, 1.54) is 30.7 Å². The largest absolute Gasteiger partial charge is 0.311 e. The highest BCUT2D eigenvalue weighted by molar-refractivity contribution is 6.28. The number of aromatic nitrogens is 3. The maximum absolute atomic E-state index is 11.8. The van der Waals surface area contributed by atoms with Gasteiger partial charge in [0.05, 0.1) is 10.5 Å². The van der Waals surface area contributed by atoms with Crippen LogP contribution in [0, 0.1) is 10.1 Å². The second-order valence-electron chi connectivity index (χ2n) is 3.32. The molecule has 0 unspecified atom stereocenters. The van der Waals surface area contributed by atoms with Crippen molar-refractivity contribution < 1.29 is 9.72 Å². The quantitative estimate of drug-likeness (QED) is 0.520. The summed E-state index contributed by atoms with van der Waals surface area (Å²) in [4.78, 5) is 32.9. The smallest absolute Gasteiger partial charge is 0.301 e. The molecule has 2 heterocycles. The first-order chi connectivity index (χ1) is 9.08. The Kier molecular flexibility index (Phi) is 3.62. The fraction of sp³-hybridized carbons (Fsp3) is 0. The molecule has 0 radical (unpaired) electrons. The van der Waals surface area contributed by atoms with Gasteiger partial charge in [0.25, 0.3) is 5.91 Å². The maximum Gasteiger partial charge on any atom is 0.311 e. The van der Waals surface area contributed by atoms with E-state index in [1.807, 2.05) is 0 Å². The second kappa shape index (κ2) is 5.36. The van der Waals surface area contributed by atoms with Gasteiger partial charge >= 0.3 is 5.69 Å². The van der Waals surface area contributed by atoms with E-state index in [2.05, 4.69) is 20.3 Å². The molecule has 96 valence electrons. The van der Waals surface area contributed by atoms with E-state index in [0.717, 1.165) is 0 Å². The Balaban J connectivity index is 2.24. The second-order valence-corrected chi connectivity index (χ2v) is 3.66. The van der Waals surface area contributed by atoms with Gasteiger partial charge in [0.15, 0.2) is 0 Å². The predicted molar refractivity (Wildman–Crippen MR) is 65.9 cm³/mol. The molecule has 8 nitrogen and oxygen atoms in total. The number of nitrogens with zero attached hydrogens (tertiary/aromatic N) is 4. The molecule has 0 aliphatic carbocycles. The molecule has 1 N–H and O–H groups in total. The van der Waals surface area contributed by atoms with Gasteiger partial charge in [-0.05, 0) is 17.7 Å². The van der Waals surface area contributed by atoms with Crippen LogP contribution in [0.1, 0.15) is 10.4 Å². The molecule has 0 saturated heterocycles. The summed E-state index contributed by atoms with van der Waals surface area (Å²) >= 11 is 5.49. The van der Waals surface area contributed by atoms with E-state index in [-0.39, 0.29) is 22.4 Å². The van der Waals surface area contributed by atoms with Crippen molar-refractivity contribution in [2.45, 2.75) is 0 Å². The first-order valence-corrected chi connectivity index (χ1v) is 5.34. The van der Waals surface area contributed by atoms with Crippen LogP contribution in [0.4, 0.5) is 11.5 Å². The average Bonchev–Trinajstić information content (AvgIpc) is 2.39. The van der Waals surface area contributed by atoms with Gasteiger partial charge in [-0.15, -0.1) is 0 Å². The molecule has 0 aliphatic rings. The highest BCUT2D eigenvalue weighted by atomic mass is 35.5. The number of rotatable bonds is 3. The number of nitro groups is 1. The summed E-state index contributed by atoms with van der Waals surface area (Å²) in [6.45, 7) is 0. The number of hydrogen-bond donors (Lipinski definition) is 1. The number of carbonyl (C=O) groups is 1. The Labute approximate surface area is 111 Å². The summed E-state index contributed by atoms with van der Waals surface area (Å²) in [5.74, 6) is -0.758. The van der Waals surface area contributed by atoms with Gasteiger partial charge in [0, 0.05) is 24.7 Å². The number of nitrogens with one attached hydrogen (secondary N) is 1. The summed E-state index contributed by atoms with van der Waals surface area (Å²) in [6.07, 6.45) is 3.75. The van der Waals surface area contributed by atoms with Crippen LogP contribution in [0.15, 0.2) is 30.7 Å². The highest BCUT2D eigenvalue weighted by Crippen LogP contribution is 2.20. The topological polar surface area (TPSA) is 111 Å². The Bertz CT molecular complexity index is 631. The van der Waals surface area contributed by atoms with E-state index in [9.17, 15) is 14.9 Å². The van der Waals surface area contributed by atoms with Gasteiger partial charge in [-0.2, -0.15) is 0 Å².